The number of carbonyl (C=O) groups is 1. The Bertz CT molecular complexity index is 1280. The van der Waals surface area contributed by atoms with Crippen LogP contribution in [0.25, 0.3) is 10.8 Å². The summed E-state index contributed by atoms with van der Waals surface area (Å²) in [5.74, 6) is -0.0189. The van der Waals surface area contributed by atoms with E-state index in [0.717, 1.165) is 21.9 Å². The highest BCUT2D eigenvalue weighted by atomic mass is 35.5. The van der Waals surface area contributed by atoms with Crippen LogP contribution in [0.15, 0.2) is 79.0 Å². The first-order valence-electron chi connectivity index (χ1n) is 10.5. The highest BCUT2D eigenvalue weighted by Gasteiger charge is 2.28. The number of hydrogen-bond acceptors (Lipinski definition) is 3. The van der Waals surface area contributed by atoms with Crippen LogP contribution in [0.2, 0.25) is 5.02 Å². The number of pyridine rings is 1. The summed E-state index contributed by atoms with van der Waals surface area (Å²) in [6.07, 6.45) is 1.75. The number of aromatic nitrogens is 1. The SMILES string of the molecule is CCN(C(=O)Nc1ccc(F)c(Cl)c1)[C@@H](c1ccccc1)c1cnc(OC)c2ccccc12. The number of benzene rings is 3. The first kappa shape index (κ1) is 22.6. The molecule has 4 aromatic rings. The summed E-state index contributed by atoms with van der Waals surface area (Å²) >= 11 is 5.90. The lowest BCUT2D eigenvalue weighted by atomic mass is 9.94. The topological polar surface area (TPSA) is 54.5 Å². The number of ether oxygens (including phenoxy) is 1. The standard InChI is InChI=1S/C26H23ClFN3O2/c1-3-31(26(32)30-18-13-14-23(28)22(27)15-18)24(17-9-5-4-6-10-17)21-16-29-25(33-2)20-12-8-7-11-19(20)21/h4-16,24H,3H2,1-2H3,(H,30,32)/t24-/m0/s1. The second kappa shape index (κ2) is 9.88. The van der Waals surface area contributed by atoms with Gasteiger partial charge in [-0.25, -0.2) is 14.2 Å². The van der Waals surface area contributed by atoms with Gasteiger partial charge in [0, 0.05) is 29.4 Å². The van der Waals surface area contributed by atoms with Crippen LogP contribution in [0.5, 0.6) is 5.88 Å². The number of nitrogens with zero attached hydrogens (tertiary/aromatic N) is 2. The predicted molar refractivity (Wildman–Crippen MR) is 129 cm³/mol. The van der Waals surface area contributed by atoms with Crippen molar-refractivity contribution in [2.24, 2.45) is 0 Å². The molecule has 0 fully saturated rings. The molecule has 3 aromatic carbocycles. The van der Waals surface area contributed by atoms with E-state index in [1.165, 1.54) is 18.2 Å². The van der Waals surface area contributed by atoms with Crippen LogP contribution < -0.4 is 10.1 Å². The average Bonchev–Trinajstić information content (AvgIpc) is 2.84. The van der Waals surface area contributed by atoms with Gasteiger partial charge in [-0.15, -0.1) is 0 Å². The van der Waals surface area contributed by atoms with Gasteiger partial charge in [-0.3, -0.25) is 0 Å². The lowest BCUT2D eigenvalue weighted by Crippen LogP contribution is -2.38. The normalized spacial score (nSPS) is 11.8. The van der Waals surface area contributed by atoms with E-state index >= 15 is 0 Å². The van der Waals surface area contributed by atoms with E-state index in [-0.39, 0.29) is 11.1 Å². The maximum atomic E-state index is 13.6. The van der Waals surface area contributed by atoms with E-state index in [4.69, 9.17) is 16.3 Å². The zero-order valence-electron chi connectivity index (χ0n) is 18.3. The monoisotopic (exact) mass is 463 g/mol. The molecular formula is C26H23ClFN3O2. The van der Waals surface area contributed by atoms with E-state index in [9.17, 15) is 9.18 Å². The Hall–Kier alpha value is -3.64. The van der Waals surface area contributed by atoms with Crippen LogP contribution in [-0.2, 0) is 0 Å². The third-order valence-electron chi connectivity index (χ3n) is 5.48. The molecule has 0 saturated carbocycles. The summed E-state index contributed by atoms with van der Waals surface area (Å²) in [5.41, 5.74) is 2.21. The largest absolute Gasteiger partial charge is 0.481 e. The number of methoxy groups -OCH3 is 1. The van der Waals surface area contributed by atoms with Gasteiger partial charge in [-0.05, 0) is 42.1 Å². The van der Waals surface area contributed by atoms with Crippen molar-refractivity contribution >= 4 is 34.1 Å². The van der Waals surface area contributed by atoms with E-state index in [0.29, 0.717) is 18.1 Å². The van der Waals surface area contributed by atoms with Crippen LogP contribution >= 0.6 is 11.6 Å². The molecule has 0 aliphatic rings. The number of rotatable bonds is 6. The Balaban J connectivity index is 1.81. The molecule has 0 unspecified atom stereocenters. The minimum absolute atomic E-state index is 0.0548. The molecule has 1 aromatic heterocycles. The predicted octanol–water partition coefficient (Wildman–Crippen LogP) is 6.68. The molecule has 0 saturated heterocycles. The number of fused-ring (bicyclic) bond motifs is 1. The summed E-state index contributed by atoms with van der Waals surface area (Å²) in [6, 6.07) is 20.9. The molecular weight excluding hydrogens is 441 g/mol. The Morgan fingerprint density at radius 1 is 1.09 bits per heavy atom. The number of halogens is 2. The lowest BCUT2D eigenvalue weighted by Gasteiger charge is -2.32. The Morgan fingerprint density at radius 2 is 1.79 bits per heavy atom. The number of urea groups is 1. The molecule has 33 heavy (non-hydrogen) atoms. The van der Waals surface area contributed by atoms with Crippen molar-refractivity contribution in [3.8, 4) is 5.88 Å². The van der Waals surface area contributed by atoms with Gasteiger partial charge in [-0.1, -0.05) is 60.1 Å². The van der Waals surface area contributed by atoms with Gasteiger partial charge in [0.15, 0.2) is 0 Å². The van der Waals surface area contributed by atoms with Gasteiger partial charge in [-0.2, -0.15) is 0 Å². The smallest absolute Gasteiger partial charge is 0.322 e. The third-order valence-corrected chi connectivity index (χ3v) is 5.77. The molecule has 1 heterocycles. The summed E-state index contributed by atoms with van der Waals surface area (Å²) < 4.78 is 19.0. The molecule has 1 N–H and O–H groups in total. The van der Waals surface area contributed by atoms with Gasteiger partial charge >= 0.3 is 6.03 Å². The second-order valence-corrected chi connectivity index (χ2v) is 7.83. The molecule has 2 amide bonds. The number of amides is 2. The number of nitrogens with one attached hydrogen (secondary N) is 1. The summed E-state index contributed by atoms with van der Waals surface area (Å²) in [7, 11) is 1.59. The van der Waals surface area contributed by atoms with Gasteiger partial charge in [0.2, 0.25) is 5.88 Å². The van der Waals surface area contributed by atoms with Crippen molar-refractivity contribution in [1.29, 1.82) is 0 Å². The summed E-state index contributed by atoms with van der Waals surface area (Å²) in [6.45, 7) is 2.33. The lowest BCUT2D eigenvalue weighted by molar-refractivity contribution is 0.202. The van der Waals surface area contributed by atoms with Crippen LogP contribution in [-0.4, -0.2) is 29.6 Å². The van der Waals surface area contributed by atoms with E-state index in [2.05, 4.69) is 10.3 Å². The molecule has 168 valence electrons. The first-order chi connectivity index (χ1) is 16.0. The highest BCUT2D eigenvalue weighted by Crippen LogP contribution is 2.36. The third kappa shape index (κ3) is 4.61. The van der Waals surface area contributed by atoms with Crippen molar-refractivity contribution in [1.82, 2.24) is 9.88 Å². The van der Waals surface area contributed by atoms with Gasteiger partial charge in [0.25, 0.3) is 0 Å². The second-order valence-electron chi connectivity index (χ2n) is 7.43. The molecule has 0 aliphatic carbocycles. The van der Waals surface area contributed by atoms with Crippen molar-refractivity contribution in [3.05, 3.63) is 101 Å². The highest BCUT2D eigenvalue weighted by molar-refractivity contribution is 6.31. The minimum Gasteiger partial charge on any atom is -0.481 e. The number of carbonyl (C=O) groups excluding carboxylic acids is 1. The maximum Gasteiger partial charge on any atom is 0.322 e. The molecule has 0 spiro atoms. The summed E-state index contributed by atoms with van der Waals surface area (Å²) in [5, 5.41) is 4.59. The molecule has 0 bridgehead atoms. The van der Waals surface area contributed by atoms with Crippen molar-refractivity contribution < 1.29 is 13.9 Å². The molecule has 4 rings (SSSR count). The van der Waals surface area contributed by atoms with Crippen LogP contribution in [0.1, 0.15) is 24.1 Å². The Labute approximate surface area is 196 Å². The van der Waals surface area contributed by atoms with Crippen molar-refractivity contribution in [2.75, 3.05) is 19.0 Å². The van der Waals surface area contributed by atoms with Crippen LogP contribution in [0.3, 0.4) is 0 Å². The maximum absolute atomic E-state index is 13.6. The molecule has 0 radical (unpaired) electrons. The minimum atomic E-state index is -0.542. The number of hydrogen-bond donors (Lipinski definition) is 1. The Morgan fingerprint density at radius 3 is 2.45 bits per heavy atom. The van der Waals surface area contributed by atoms with Gasteiger partial charge in [0.1, 0.15) is 5.82 Å². The fourth-order valence-electron chi connectivity index (χ4n) is 3.94. The molecule has 7 heteroatoms. The van der Waals surface area contributed by atoms with E-state index in [1.54, 1.807) is 18.2 Å². The Kier molecular flexibility index (Phi) is 6.75. The summed E-state index contributed by atoms with van der Waals surface area (Å²) in [4.78, 5) is 19.6. The van der Waals surface area contributed by atoms with E-state index < -0.39 is 11.9 Å². The van der Waals surface area contributed by atoms with Crippen molar-refractivity contribution in [2.45, 2.75) is 13.0 Å². The average molecular weight is 464 g/mol. The molecule has 5 nitrogen and oxygen atoms in total. The zero-order valence-corrected chi connectivity index (χ0v) is 19.0. The fraction of sp³-hybridized carbons (Fsp3) is 0.154. The molecule has 1 atom stereocenters. The van der Waals surface area contributed by atoms with Gasteiger partial charge < -0.3 is 15.0 Å². The van der Waals surface area contributed by atoms with Crippen molar-refractivity contribution in [3.63, 3.8) is 0 Å². The number of anilines is 1. The van der Waals surface area contributed by atoms with Crippen LogP contribution in [0, 0.1) is 5.82 Å². The first-order valence-corrected chi connectivity index (χ1v) is 10.9. The molecule has 0 aliphatic heterocycles. The zero-order chi connectivity index (χ0) is 23.4. The van der Waals surface area contributed by atoms with E-state index in [1.807, 2.05) is 61.5 Å². The fourth-order valence-corrected chi connectivity index (χ4v) is 4.13. The van der Waals surface area contributed by atoms with Gasteiger partial charge in [0.05, 0.1) is 18.2 Å². The quantitative estimate of drug-likeness (QED) is 0.347. The van der Waals surface area contributed by atoms with Crippen LogP contribution in [0.4, 0.5) is 14.9 Å².